The monoisotopic (exact) mass is 447 g/mol. The zero-order valence-electron chi connectivity index (χ0n) is 18.2. The van der Waals surface area contributed by atoms with E-state index >= 15 is 0 Å². The normalized spacial score (nSPS) is 15.7. The molecule has 1 aliphatic rings. The molecule has 4 aromatic rings. The van der Waals surface area contributed by atoms with Crippen molar-refractivity contribution in [2.75, 3.05) is 13.7 Å². The quantitative estimate of drug-likeness (QED) is 0.452. The van der Waals surface area contributed by atoms with Gasteiger partial charge in [-0.2, -0.15) is 15.0 Å². The maximum absolute atomic E-state index is 14.1. The Labute approximate surface area is 189 Å². The highest BCUT2D eigenvalue weighted by molar-refractivity contribution is 5.98. The molecule has 2 aromatic heterocycles. The van der Waals surface area contributed by atoms with Crippen molar-refractivity contribution < 1.29 is 18.4 Å². The summed E-state index contributed by atoms with van der Waals surface area (Å²) in [5.41, 5.74) is 3.05. The van der Waals surface area contributed by atoms with Gasteiger partial charge in [-0.25, -0.2) is 4.39 Å². The molecule has 1 atom stereocenters. The first-order chi connectivity index (χ1) is 16.1. The summed E-state index contributed by atoms with van der Waals surface area (Å²) in [6.45, 7) is 2.52. The Morgan fingerprint density at radius 2 is 2.00 bits per heavy atom. The molecule has 1 saturated heterocycles. The molecule has 0 N–H and O–H groups in total. The molecule has 1 unspecified atom stereocenters. The van der Waals surface area contributed by atoms with Crippen LogP contribution >= 0.6 is 0 Å². The second kappa shape index (κ2) is 8.50. The number of carbonyl (C=O) groups excluding carboxylic acids is 1. The van der Waals surface area contributed by atoms with Gasteiger partial charge in [0.2, 0.25) is 0 Å². The molecule has 0 spiro atoms. The maximum Gasteiger partial charge on any atom is 0.256 e. The van der Waals surface area contributed by atoms with Gasteiger partial charge in [0.1, 0.15) is 5.69 Å². The summed E-state index contributed by atoms with van der Waals surface area (Å²) in [7, 11) is 1.41. The molecule has 5 rings (SSSR count). The number of ether oxygens (including phenoxy) is 1. The number of methoxy groups -OCH3 is 1. The molecule has 2 aromatic carbocycles. The Hall–Kier alpha value is -4.01. The minimum absolute atomic E-state index is 0.104. The van der Waals surface area contributed by atoms with E-state index in [4.69, 9.17) is 9.26 Å². The molecule has 0 bridgehead atoms. The zero-order valence-corrected chi connectivity index (χ0v) is 18.2. The number of halogens is 1. The predicted octanol–water partition coefficient (Wildman–Crippen LogP) is 4.36. The molecular weight excluding hydrogens is 425 g/mol. The molecule has 8 nitrogen and oxygen atoms in total. The number of aromatic nitrogens is 4. The van der Waals surface area contributed by atoms with E-state index in [2.05, 4.69) is 15.4 Å². The van der Waals surface area contributed by atoms with Crippen molar-refractivity contribution in [3.63, 3.8) is 0 Å². The molecule has 1 aliphatic heterocycles. The number of hydrogen-bond acceptors (Lipinski definition) is 6. The van der Waals surface area contributed by atoms with Crippen LogP contribution in [-0.4, -0.2) is 44.6 Å². The minimum atomic E-state index is -0.476. The molecule has 3 heterocycles. The highest BCUT2D eigenvalue weighted by atomic mass is 19.1. The van der Waals surface area contributed by atoms with E-state index in [-0.39, 0.29) is 17.7 Å². The number of rotatable bonds is 5. The van der Waals surface area contributed by atoms with Gasteiger partial charge in [-0.05, 0) is 44.0 Å². The summed E-state index contributed by atoms with van der Waals surface area (Å²) < 4.78 is 25.0. The van der Waals surface area contributed by atoms with Crippen molar-refractivity contribution in [2.24, 2.45) is 0 Å². The van der Waals surface area contributed by atoms with Crippen molar-refractivity contribution in [2.45, 2.75) is 25.8 Å². The number of para-hydroxylation sites is 1. The van der Waals surface area contributed by atoms with Crippen LogP contribution in [0.2, 0.25) is 0 Å². The summed E-state index contributed by atoms with van der Waals surface area (Å²) in [4.78, 5) is 16.9. The summed E-state index contributed by atoms with van der Waals surface area (Å²) in [5, 5.41) is 12.5. The number of hydrogen-bond donors (Lipinski definition) is 0. The fourth-order valence-electron chi connectivity index (χ4n) is 4.29. The molecule has 33 heavy (non-hydrogen) atoms. The van der Waals surface area contributed by atoms with Crippen molar-refractivity contribution in [3.05, 3.63) is 77.6 Å². The van der Waals surface area contributed by atoms with E-state index < -0.39 is 5.82 Å². The lowest BCUT2D eigenvalue weighted by molar-refractivity contribution is 0.0714. The molecule has 9 heteroatoms. The zero-order chi connectivity index (χ0) is 22.9. The Balaban J connectivity index is 1.48. The van der Waals surface area contributed by atoms with Crippen LogP contribution in [0.15, 0.2) is 59.4 Å². The minimum Gasteiger partial charge on any atom is -0.493 e. The summed E-state index contributed by atoms with van der Waals surface area (Å²) in [5.74, 6) is 0.0487. The molecule has 168 valence electrons. The fourth-order valence-corrected chi connectivity index (χ4v) is 4.29. The Bertz CT molecular complexity index is 1300. The van der Waals surface area contributed by atoms with Crippen LogP contribution in [0.1, 0.15) is 40.6 Å². The van der Waals surface area contributed by atoms with Gasteiger partial charge in [0, 0.05) is 18.2 Å². The molecule has 1 fully saturated rings. The third kappa shape index (κ3) is 3.75. The fraction of sp³-hybridized carbons (Fsp3) is 0.250. The van der Waals surface area contributed by atoms with Crippen molar-refractivity contribution in [3.8, 4) is 22.7 Å². The van der Waals surface area contributed by atoms with Crippen LogP contribution < -0.4 is 4.74 Å². The van der Waals surface area contributed by atoms with Crippen LogP contribution in [0.3, 0.4) is 0 Å². The van der Waals surface area contributed by atoms with Gasteiger partial charge in [-0.3, -0.25) is 4.79 Å². The van der Waals surface area contributed by atoms with Crippen LogP contribution in [0.25, 0.3) is 16.9 Å². The van der Waals surface area contributed by atoms with Gasteiger partial charge in [0.15, 0.2) is 17.3 Å². The lowest BCUT2D eigenvalue weighted by Gasteiger charge is -2.24. The third-order valence-corrected chi connectivity index (χ3v) is 5.83. The first kappa shape index (κ1) is 20.9. The van der Waals surface area contributed by atoms with Gasteiger partial charge >= 0.3 is 0 Å². The molecule has 0 aliphatic carbocycles. The van der Waals surface area contributed by atoms with E-state index in [1.165, 1.54) is 18.0 Å². The van der Waals surface area contributed by atoms with Crippen molar-refractivity contribution >= 4 is 5.91 Å². The summed E-state index contributed by atoms with van der Waals surface area (Å²) in [6.07, 6.45) is 4.71. The molecule has 0 saturated carbocycles. The summed E-state index contributed by atoms with van der Waals surface area (Å²) >= 11 is 0. The topological polar surface area (TPSA) is 86.3 Å². The summed E-state index contributed by atoms with van der Waals surface area (Å²) in [6, 6.07) is 11.7. The first-order valence-corrected chi connectivity index (χ1v) is 10.6. The number of aryl methyl sites for hydroxylation is 1. The van der Waals surface area contributed by atoms with Gasteiger partial charge in [0.05, 0.1) is 36.8 Å². The standard InChI is InChI=1S/C24H22FN5O3/c1-15-8-9-20(30-26-10-11-27-30)17(13-15)24(31)29-12-4-7-21(29)22-14-19(28-33-22)16-5-3-6-18(25)23(16)32-2/h3,5-6,8-11,13-14,21H,4,7,12H2,1-2H3. The van der Waals surface area contributed by atoms with Gasteiger partial charge in [-0.1, -0.05) is 22.9 Å². The lowest BCUT2D eigenvalue weighted by atomic mass is 10.1. The maximum atomic E-state index is 14.1. The molecular formula is C24H22FN5O3. The Morgan fingerprint density at radius 1 is 1.18 bits per heavy atom. The third-order valence-electron chi connectivity index (χ3n) is 5.83. The molecule has 1 amide bonds. The largest absolute Gasteiger partial charge is 0.493 e. The number of likely N-dealkylation sites (tertiary alicyclic amines) is 1. The van der Waals surface area contributed by atoms with E-state index in [1.54, 1.807) is 35.5 Å². The van der Waals surface area contributed by atoms with Crippen LogP contribution in [0.4, 0.5) is 4.39 Å². The second-order valence-electron chi connectivity index (χ2n) is 7.93. The number of carbonyl (C=O) groups is 1. The number of benzene rings is 2. The first-order valence-electron chi connectivity index (χ1n) is 10.6. The lowest BCUT2D eigenvalue weighted by Crippen LogP contribution is -2.31. The van der Waals surface area contributed by atoms with Crippen molar-refractivity contribution in [1.82, 2.24) is 25.1 Å². The van der Waals surface area contributed by atoms with E-state index in [1.807, 2.05) is 25.1 Å². The number of nitrogens with zero attached hydrogens (tertiary/aromatic N) is 5. The van der Waals surface area contributed by atoms with Gasteiger partial charge < -0.3 is 14.2 Å². The SMILES string of the molecule is COc1c(F)cccc1-c1cc(C2CCCN2C(=O)c2cc(C)ccc2-n2nccn2)on1. The Kier molecular flexibility index (Phi) is 5.37. The van der Waals surface area contributed by atoms with Gasteiger partial charge in [-0.15, -0.1) is 0 Å². The molecule has 0 radical (unpaired) electrons. The smallest absolute Gasteiger partial charge is 0.256 e. The van der Waals surface area contributed by atoms with E-state index in [9.17, 15) is 9.18 Å². The number of amides is 1. The highest BCUT2D eigenvalue weighted by Gasteiger charge is 2.35. The van der Waals surface area contributed by atoms with Crippen molar-refractivity contribution in [1.29, 1.82) is 0 Å². The van der Waals surface area contributed by atoms with Crippen LogP contribution in [0.5, 0.6) is 5.75 Å². The van der Waals surface area contributed by atoms with E-state index in [0.29, 0.717) is 34.8 Å². The Morgan fingerprint density at radius 3 is 2.79 bits per heavy atom. The highest BCUT2D eigenvalue weighted by Crippen LogP contribution is 2.38. The average molecular weight is 447 g/mol. The van der Waals surface area contributed by atoms with Crippen LogP contribution in [0, 0.1) is 12.7 Å². The van der Waals surface area contributed by atoms with Gasteiger partial charge in [0.25, 0.3) is 5.91 Å². The second-order valence-corrected chi connectivity index (χ2v) is 7.93. The van der Waals surface area contributed by atoms with E-state index in [0.717, 1.165) is 18.4 Å². The van der Waals surface area contributed by atoms with Crippen LogP contribution in [-0.2, 0) is 0 Å². The average Bonchev–Trinajstić information content (AvgIpc) is 3.59. The predicted molar refractivity (Wildman–Crippen MR) is 118 cm³/mol.